The van der Waals surface area contributed by atoms with Crippen LogP contribution in [0.4, 0.5) is 0 Å². The fraction of sp³-hybridized carbons (Fsp3) is 0.360. The topological polar surface area (TPSA) is 160 Å². The lowest BCUT2D eigenvalue weighted by Crippen LogP contribution is -2.48. The molecule has 2 rings (SSSR count). The Labute approximate surface area is 199 Å². The van der Waals surface area contributed by atoms with Gasteiger partial charge in [-0.3, -0.25) is 19.4 Å². The zero-order valence-corrected chi connectivity index (χ0v) is 19.2. The number of carboxylic acids is 1. The zero-order chi connectivity index (χ0) is 24.8. The first-order valence-electron chi connectivity index (χ1n) is 11.3. The van der Waals surface area contributed by atoms with Crippen LogP contribution in [0.3, 0.4) is 0 Å². The van der Waals surface area contributed by atoms with Crippen molar-refractivity contribution in [2.75, 3.05) is 13.1 Å². The summed E-state index contributed by atoms with van der Waals surface area (Å²) in [5, 5.41) is 14.3. The molecular weight excluding hydrogens is 434 g/mol. The number of carboxylic acid groups (broad SMARTS) is 1. The largest absolute Gasteiger partial charge is 0.481 e. The molecule has 0 aliphatic heterocycles. The number of hydrogen-bond donors (Lipinski definition) is 5. The lowest BCUT2D eigenvalue weighted by molar-refractivity contribution is -0.137. The van der Waals surface area contributed by atoms with Crippen LogP contribution in [-0.4, -0.2) is 48.0 Å². The fourth-order valence-electron chi connectivity index (χ4n) is 3.36. The Morgan fingerprint density at radius 1 is 0.882 bits per heavy atom. The van der Waals surface area contributed by atoms with E-state index < -0.39 is 12.0 Å². The number of unbranched alkanes of at least 4 members (excludes halogenated alkanes) is 1. The molecule has 0 spiro atoms. The standard InChI is InChI=1S/C25H33N5O4/c26-25(27)29-15-5-4-9-22(31)30-21(24(34)28-16-6-10-23(32)33)17-18-11-13-20(14-12-18)19-7-2-1-3-8-19/h1-3,7-8,11-14,21H,4-6,9-10,15-17H2,(H,28,34)(H,30,31)(H,32,33)(H4,26,27,29)/t21-/m1/s1. The Bertz CT molecular complexity index is 957. The SMILES string of the molecule is NC(N)=NCCCCC(=O)N[C@H](Cc1ccc(-c2ccccc2)cc1)C(=O)NCCCC(=O)O. The number of amides is 2. The second-order valence-corrected chi connectivity index (χ2v) is 7.94. The summed E-state index contributed by atoms with van der Waals surface area (Å²) in [5.74, 6) is -1.48. The molecule has 0 radical (unpaired) electrons. The third-order valence-corrected chi connectivity index (χ3v) is 5.13. The number of nitrogens with two attached hydrogens (primary N) is 2. The first-order valence-corrected chi connectivity index (χ1v) is 11.3. The molecule has 2 amide bonds. The average Bonchev–Trinajstić information content (AvgIpc) is 2.81. The number of carbonyl (C=O) groups is 3. The molecule has 34 heavy (non-hydrogen) atoms. The van der Waals surface area contributed by atoms with Gasteiger partial charge in [0.25, 0.3) is 0 Å². The minimum Gasteiger partial charge on any atom is -0.481 e. The summed E-state index contributed by atoms with van der Waals surface area (Å²) >= 11 is 0. The molecule has 0 aliphatic rings. The van der Waals surface area contributed by atoms with Gasteiger partial charge in [-0.25, -0.2) is 0 Å². The smallest absolute Gasteiger partial charge is 0.303 e. The van der Waals surface area contributed by atoms with Crippen molar-refractivity contribution >= 4 is 23.7 Å². The highest BCUT2D eigenvalue weighted by atomic mass is 16.4. The molecule has 0 unspecified atom stereocenters. The quantitative estimate of drug-likeness (QED) is 0.162. The van der Waals surface area contributed by atoms with E-state index in [0.717, 1.165) is 16.7 Å². The summed E-state index contributed by atoms with van der Waals surface area (Å²) in [5.41, 5.74) is 13.6. The third kappa shape index (κ3) is 10.2. The molecule has 2 aromatic rings. The Hall–Kier alpha value is -3.88. The lowest BCUT2D eigenvalue weighted by atomic mass is 10.00. The van der Waals surface area contributed by atoms with Crippen LogP contribution in [0.5, 0.6) is 0 Å². The van der Waals surface area contributed by atoms with Crippen molar-refractivity contribution in [3.63, 3.8) is 0 Å². The van der Waals surface area contributed by atoms with Crippen molar-refractivity contribution in [1.29, 1.82) is 0 Å². The summed E-state index contributed by atoms with van der Waals surface area (Å²) in [6.07, 6.45) is 2.08. The van der Waals surface area contributed by atoms with E-state index in [-0.39, 0.29) is 37.2 Å². The van der Waals surface area contributed by atoms with E-state index in [1.165, 1.54) is 0 Å². The maximum atomic E-state index is 12.7. The van der Waals surface area contributed by atoms with Crippen LogP contribution in [0, 0.1) is 0 Å². The molecule has 0 aromatic heterocycles. The molecule has 0 heterocycles. The van der Waals surface area contributed by atoms with Crippen molar-refractivity contribution in [2.24, 2.45) is 16.5 Å². The highest BCUT2D eigenvalue weighted by Crippen LogP contribution is 2.19. The number of aliphatic carboxylic acids is 1. The minimum absolute atomic E-state index is 0.0161. The van der Waals surface area contributed by atoms with Gasteiger partial charge in [-0.05, 0) is 36.0 Å². The monoisotopic (exact) mass is 467 g/mol. The molecule has 0 aliphatic carbocycles. The number of aliphatic imine (C=N–C) groups is 1. The Morgan fingerprint density at radius 2 is 1.56 bits per heavy atom. The Morgan fingerprint density at radius 3 is 2.21 bits per heavy atom. The molecule has 1 atom stereocenters. The molecule has 0 bridgehead atoms. The van der Waals surface area contributed by atoms with Gasteiger partial charge in [-0.2, -0.15) is 0 Å². The first kappa shape index (κ1) is 26.4. The number of rotatable bonds is 14. The lowest BCUT2D eigenvalue weighted by Gasteiger charge is -2.19. The maximum absolute atomic E-state index is 12.7. The van der Waals surface area contributed by atoms with Crippen molar-refractivity contribution in [3.05, 3.63) is 60.2 Å². The van der Waals surface area contributed by atoms with Crippen LogP contribution in [0.15, 0.2) is 59.6 Å². The number of nitrogens with zero attached hydrogens (tertiary/aromatic N) is 1. The zero-order valence-electron chi connectivity index (χ0n) is 19.2. The molecular formula is C25H33N5O4. The van der Waals surface area contributed by atoms with Crippen LogP contribution >= 0.6 is 0 Å². The predicted octanol–water partition coefficient (Wildman–Crippen LogP) is 1.81. The van der Waals surface area contributed by atoms with Gasteiger partial charge in [-0.15, -0.1) is 0 Å². The highest BCUT2D eigenvalue weighted by molar-refractivity contribution is 5.88. The van der Waals surface area contributed by atoms with Crippen LogP contribution in [-0.2, 0) is 20.8 Å². The average molecular weight is 468 g/mol. The number of nitrogens with one attached hydrogen (secondary N) is 2. The van der Waals surface area contributed by atoms with Crippen molar-refractivity contribution in [3.8, 4) is 11.1 Å². The van der Waals surface area contributed by atoms with Crippen molar-refractivity contribution in [1.82, 2.24) is 10.6 Å². The van der Waals surface area contributed by atoms with Crippen LogP contribution in [0.2, 0.25) is 0 Å². The van der Waals surface area contributed by atoms with E-state index in [4.69, 9.17) is 16.6 Å². The van der Waals surface area contributed by atoms with Gasteiger partial charge >= 0.3 is 5.97 Å². The third-order valence-electron chi connectivity index (χ3n) is 5.13. The number of hydrogen-bond acceptors (Lipinski definition) is 4. The van der Waals surface area contributed by atoms with Crippen LogP contribution in [0.25, 0.3) is 11.1 Å². The Kier molecular flexibility index (Phi) is 11.1. The summed E-state index contributed by atoms with van der Waals surface area (Å²) in [6.45, 7) is 0.667. The molecule has 182 valence electrons. The van der Waals surface area contributed by atoms with E-state index in [2.05, 4.69) is 15.6 Å². The van der Waals surface area contributed by atoms with Crippen molar-refractivity contribution < 1.29 is 19.5 Å². The molecule has 0 saturated heterocycles. The van der Waals surface area contributed by atoms with E-state index in [9.17, 15) is 14.4 Å². The van der Waals surface area contributed by atoms with Gasteiger partial charge in [0.1, 0.15) is 6.04 Å². The number of carbonyl (C=O) groups excluding carboxylic acids is 2. The van der Waals surface area contributed by atoms with Crippen LogP contribution in [0.1, 0.15) is 37.7 Å². The van der Waals surface area contributed by atoms with E-state index >= 15 is 0 Å². The molecule has 7 N–H and O–H groups in total. The van der Waals surface area contributed by atoms with E-state index in [1.54, 1.807) is 0 Å². The number of benzene rings is 2. The second kappa shape index (κ2) is 14.3. The normalized spacial score (nSPS) is 11.3. The first-order chi connectivity index (χ1) is 16.3. The van der Waals surface area contributed by atoms with Gasteiger partial charge in [0, 0.05) is 32.4 Å². The minimum atomic E-state index is -0.918. The molecule has 0 fully saturated rings. The summed E-state index contributed by atoms with van der Waals surface area (Å²) in [6, 6.07) is 17.0. The molecule has 9 heteroatoms. The van der Waals surface area contributed by atoms with E-state index in [1.807, 2.05) is 54.6 Å². The summed E-state index contributed by atoms with van der Waals surface area (Å²) in [4.78, 5) is 39.8. The fourth-order valence-corrected chi connectivity index (χ4v) is 3.36. The summed E-state index contributed by atoms with van der Waals surface area (Å²) in [7, 11) is 0. The second-order valence-electron chi connectivity index (χ2n) is 7.94. The predicted molar refractivity (Wildman–Crippen MR) is 132 cm³/mol. The Balaban J connectivity index is 1.98. The van der Waals surface area contributed by atoms with Gasteiger partial charge in [0.05, 0.1) is 0 Å². The van der Waals surface area contributed by atoms with Gasteiger partial charge < -0.3 is 27.2 Å². The van der Waals surface area contributed by atoms with Gasteiger partial charge in [0.15, 0.2) is 5.96 Å². The number of guanidine groups is 1. The van der Waals surface area contributed by atoms with Gasteiger partial charge in [-0.1, -0.05) is 54.6 Å². The highest BCUT2D eigenvalue weighted by Gasteiger charge is 2.21. The molecule has 9 nitrogen and oxygen atoms in total. The maximum Gasteiger partial charge on any atom is 0.303 e. The van der Waals surface area contributed by atoms with Gasteiger partial charge in [0.2, 0.25) is 11.8 Å². The van der Waals surface area contributed by atoms with E-state index in [0.29, 0.717) is 32.2 Å². The molecule has 0 saturated carbocycles. The summed E-state index contributed by atoms with van der Waals surface area (Å²) < 4.78 is 0. The molecule has 2 aromatic carbocycles. The van der Waals surface area contributed by atoms with Crippen LogP contribution < -0.4 is 22.1 Å². The van der Waals surface area contributed by atoms with Crippen molar-refractivity contribution in [2.45, 2.75) is 44.6 Å².